The van der Waals surface area contributed by atoms with Crippen molar-refractivity contribution < 1.29 is 4.79 Å². The van der Waals surface area contributed by atoms with Gasteiger partial charge in [-0.25, -0.2) is 0 Å². The molecule has 0 bridgehead atoms. The highest BCUT2D eigenvalue weighted by Crippen LogP contribution is 2.12. The first-order valence-electron chi connectivity index (χ1n) is 7.88. The van der Waals surface area contributed by atoms with Gasteiger partial charge in [-0.3, -0.25) is 4.79 Å². The SMILES string of the molecule is CC(CN(C)Cc1ccccc1)NC(=O)C1CCNCC1. The standard InChI is InChI=1S/C17H27N3O/c1-14(19-17(21)16-8-10-18-11-9-16)12-20(2)13-15-6-4-3-5-7-15/h3-7,14,16,18H,8-13H2,1-2H3,(H,19,21). The summed E-state index contributed by atoms with van der Waals surface area (Å²) in [6.07, 6.45) is 1.91. The van der Waals surface area contributed by atoms with Crippen LogP contribution in [0.3, 0.4) is 0 Å². The summed E-state index contributed by atoms with van der Waals surface area (Å²) < 4.78 is 0. The Balaban J connectivity index is 1.73. The van der Waals surface area contributed by atoms with Crippen LogP contribution in [-0.4, -0.2) is 43.5 Å². The van der Waals surface area contributed by atoms with E-state index in [1.54, 1.807) is 0 Å². The molecule has 1 aliphatic heterocycles. The average molecular weight is 289 g/mol. The summed E-state index contributed by atoms with van der Waals surface area (Å²) in [5, 5.41) is 6.45. The van der Waals surface area contributed by atoms with Gasteiger partial charge in [-0.2, -0.15) is 0 Å². The molecule has 1 unspecified atom stereocenters. The zero-order chi connectivity index (χ0) is 15.1. The molecule has 21 heavy (non-hydrogen) atoms. The Labute approximate surface area is 127 Å². The highest BCUT2D eigenvalue weighted by atomic mass is 16.1. The third kappa shape index (κ3) is 5.48. The predicted molar refractivity (Wildman–Crippen MR) is 86.0 cm³/mol. The van der Waals surface area contributed by atoms with Crippen LogP contribution in [0.25, 0.3) is 0 Å². The maximum absolute atomic E-state index is 12.2. The lowest BCUT2D eigenvalue weighted by molar-refractivity contribution is -0.126. The van der Waals surface area contributed by atoms with Gasteiger partial charge in [0.2, 0.25) is 5.91 Å². The van der Waals surface area contributed by atoms with Crippen LogP contribution < -0.4 is 10.6 Å². The van der Waals surface area contributed by atoms with Crippen molar-refractivity contribution in [1.82, 2.24) is 15.5 Å². The maximum atomic E-state index is 12.2. The predicted octanol–water partition coefficient (Wildman–Crippen LogP) is 1.62. The van der Waals surface area contributed by atoms with Crippen molar-refractivity contribution in [1.29, 1.82) is 0 Å². The van der Waals surface area contributed by atoms with Crippen LogP contribution in [0.15, 0.2) is 30.3 Å². The number of likely N-dealkylation sites (N-methyl/N-ethyl adjacent to an activating group) is 1. The van der Waals surface area contributed by atoms with Gasteiger partial charge in [0.25, 0.3) is 0 Å². The molecule has 1 saturated heterocycles. The van der Waals surface area contributed by atoms with Gasteiger partial charge < -0.3 is 15.5 Å². The van der Waals surface area contributed by atoms with Gasteiger partial charge in [-0.05, 0) is 45.5 Å². The summed E-state index contributed by atoms with van der Waals surface area (Å²) >= 11 is 0. The van der Waals surface area contributed by atoms with E-state index in [4.69, 9.17) is 0 Å². The number of nitrogens with zero attached hydrogens (tertiary/aromatic N) is 1. The molecule has 1 heterocycles. The van der Waals surface area contributed by atoms with Gasteiger partial charge in [0.1, 0.15) is 0 Å². The molecule has 0 aromatic heterocycles. The van der Waals surface area contributed by atoms with Gasteiger partial charge in [0, 0.05) is 25.0 Å². The minimum Gasteiger partial charge on any atom is -0.352 e. The molecule has 0 radical (unpaired) electrons. The number of hydrogen-bond donors (Lipinski definition) is 2. The fraction of sp³-hybridized carbons (Fsp3) is 0.588. The molecule has 1 aromatic rings. The Hall–Kier alpha value is -1.39. The van der Waals surface area contributed by atoms with E-state index in [2.05, 4.69) is 53.8 Å². The number of rotatable bonds is 6. The fourth-order valence-corrected chi connectivity index (χ4v) is 2.92. The van der Waals surface area contributed by atoms with E-state index in [9.17, 15) is 4.79 Å². The average Bonchev–Trinajstić information content (AvgIpc) is 2.48. The van der Waals surface area contributed by atoms with E-state index < -0.39 is 0 Å². The summed E-state index contributed by atoms with van der Waals surface area (Å²) in [6, 6.07) is 10.6. The monoisotopic (exact) mass is 289 g/mol. The Morgan fingerprint density at radius 2 is 2.00 bits per heavy atom. The first kappa shape index (κ1) is 16.0. The minimum absolute atomic E-state index is 0.182. The Morgan fingerprint density at radius 3 is 2.67 bits per heavy atom. The maximum Gasteiger partial charge on any atom is 0.223 e. The van der Waals surface area contributed by atoms with Crippen molar-refractivity contribution in [2.45, 2.75) is 32.4 Å². The van der Waals surface area contributed by atoms with Crippen LogP contribution in [-0.2, 0) is 11.3 Å². The van der Waals surface area contributed by atoms with Crippen LogP contribution in [0, 0.1) is 5.92 Å². The second-order valence-electron chi connectivity index (χ2n) is 6.12. The number of benzene rings is 1. The molecule has 0 aliphatic carbocycles. The lowest BCUT2D eigenvalue weighted by Gasteiger charge is -2.26. The first-order valence-corrected chi connectivity index (χ1v) is 7.88. The molecule has 4 heteroatoms. The number of amides is 1. The molecule has 116 valence electrons. The van der Waals surface area contributed by atoms with Crippen molar-refractivity contribution >= 4 is 5.91 Å². The second-order valence-corrected chi connectivity index (χ2v) is 6.12. The molecule has 1 atom stereocenters. The summed E-state index contributed by atoms with van der Waals surface area (Å²) in [4.78, 5) is 14.4. The van der Waals surface area contributed by atoms with E-state index in [0.29, 0.717) is 0 Å². The van der Waals surface area contributed by atoms with Gasteiger partial charge in [0.05, 0.1) is 0 Å². The van der Waals surface area contributed by atoms with E-state index in [1.807, 2.05) is 6.07 Å². The molecule has 0 spiro atoms. The quantitative estimate of drug-likeness (QED) is 0.836. The van der Waals surface area contributed by atoms with Crippen molar-refractivity contribution in [3.8, 4) is 0 Å². The van der Waals surface area contributed by atoms with Gasteiger partial charge >= 0.3 is 0 Å². The topological polar surface area (TPSA) is 44.4 Å². The van der Waals surface area contributed by atoms with E-state index in [-0.39, 0.29) is 17.9 Å². The number of nitrogens with one attached hydrogen (secondary N) is 2. The Bertz CT molecular complexity index is 429. The summed E-state index contributed by atoms with van der Waals surface area (Å²) in [5.41, 5.74) is 1.30. The van der Waals surface area contributed by atoms with E-state index in [0.717, 1.165) is 39.0 Å². The van der Waals surface area contributed by atoms with Crippen LogP contribution in [0.4, 0.5) is 0 Å². The van der Waals surface area contributed by atoms with Crippen LogP contribution in [0.5, 0.6) is 0 Å². The highest BCUT2D eigenvalue weighted by molar-refractivity contribution is 5.79. The normalized spacial score (nSPS) is 17.7. The molecule has 1 amide bonds. The molecular formula is C17H27N3O. The largest absolute Gasteiger partial charge is 0.352 e. The van der Waals surface area contributed by atoms with Crippen molar-refractivity contribution in [2.24, 2.45) is 5.92 Å². The molecule has 1 fully saturated rings. The zero-order valence-electron chi connectivity index (χ0n) is 13.1. The lowest BCUT2D eigenvalue weighted by atomic mass is 9.97. The lowest BCUT2D eigenvalue weighted by Crippen LogP contribution is -2.45. The van der Waals surface area contributed by atoms with Gasteiger partial charge in [0.15, 0.2) is 0 Å². The summed E-state index contributed by atoms with van der Waals surface area (Å²) in [5.74, 6) is 0.408. The molecule has 2 rings (SSSR count). The van der Waals surface area contributed by atoms with Crippen molar-refractivity contribution in [3.05, 3.63) is 35.9 Å². The Morgan fingerprint density at radius 1 is 1.33 bits per heavy atom. The number of carbonyl (C=O) groups is 1. The highest BCUT2D eigenvalue weighted by Gasteiger charge is 2.22. The second kappa shape index (κ2) is 8.15. The van der Waals surface area contributed by atoms with Crippen LogP contribution in [0.1, 0.15) is 25.3 Å². The van der Waals surface area contributed by atoms with Crippen molar-refractivity contribution in [3.63, 3.8) is 0 Å². The minimum atomic E-state index is 0.182. The summed E-state index contributed by atoms with van der Waals surface area (Å²) in [6.45, 7) is 5.78. The summed E-state index contributed by atoms with van der Waals surface area (Å²) in [7, 11) is 2.10. The number of piperidine rings is 1. The molecule has 0 saturated carbocycles. The van der Waals surface area contributed by atoms with E-state index in [1.165, 1.54) is 5.56 Å². The number of carbonyl (C=O) groups excluding carboxylic acids is 1. The first-order chi connectivity index (χ1) is 10.1. The fourth-order valence-electron chi connectivity index (χ4n) is 2.92. The van der Waals surface area contributed by atoms with Crippen LogP contribution in [0.2, 0.25) is 0 Å². The van der Waals surface area contributed by atoms with Crippen LogP contribution >= 0.6 is 0 Å². The molecule has 4 nitrogen and oxygen atoms in total. The molecule has 1 aliphatic rings. The van der Waals surface area contributed by atoms with Gasteiger partial charge in [-0.1, -0.05) is 30.3 Å². The third-order valence-corrected chi connectivity index (χ3v) is 3.98. The third-order valence-electron chi connectivity index (χ3n) is 3.98. The number of hydrogen-bond acceptors (Lipinski definition) is 3. The van der Waals surface area contributed by atoms with Crippen molar-refractivity contribution in [2.75, 3.05) is 26.7 Å². The molecule has 2 N–H and O–H groups in total. The van der Waals surface area contributed by atoms with E-state index >= 15 is 0 Å². The Kier molecular flexibility index (Phi) is 6.21. The van der Waals surface area contributed by atoms with Gasteiger partial charge in [-0.15, -0.1) is 0 Å². The smallest absolute Gasteiger partial charge is 0.223 e. The molecular weight excluding hydrogens is 262 g/mol. The molecule has 1 aromatic carbocycles. The zero-order valence-corrected chi connectivity index (χ0v) is 13.1.